The first-order valence-corrected chi connectivity index (χ1v) is 7.86. The predicted molar refractivity (Wildman–Crippen MR) is 83.8 cm³/mol. The number of hydrogen-bond acceptors (Lipinski definition) is 3. The Morgan fingerprint density at radius 3 is 2.42 bits per heavy atom. The summed E-state index contributed by atoms with van der Waals surface area (Å²) in [4.78, 5) is 5.69. The number of nitrogens with zero attached hydrogens (tertiary/aromatic N) is 1. The molecule has 3 heteroatoms. The van der Waals surface area contributed by atoms with E-state index in [1.54, 1.807) is 11.3 Å². The van der Waals surface area contributed by atoms with E-state index in [1.807, 2.05) is 0 Å². The molecule has 1 aromatic heterocycles. The first kappa shape index (κ1) is 14.1. The zero-order valence-electron chi connectivity index (χ0n) is 11.8. The smallest absolute Gasteiger partial charge is 0.180 e. The van der Waals surface area contributed by atoms with Crippen LogP contribution in [-0.2, 0) is 19.3 Å². The Bertz CT molecular complexity index is 514. The number of aromatic nitrogens is 1. The molecule has 2 aromatic rings. The average molecular weight is 274 g/mol. The number of rotatable bonds is 6. The molecule has 102 valence electrons. The van der Waals surface area contributed by atoms with Crippen molar-refractivity contribution in [1.29, 1.82) is 0 Å². The minimum Gasteiger partial charge on any atom is -0.375 e. The number of nitrogens with two attached hydrogens (primary N) is 1. The van der Waals surface area contributed by atoms with Crippen LogP contribution in [0.4, 0.5) is 5.13 Å². The Morgan fingerprint density at radius 2 is 1.79 bits per heavy atom. The first-order chi connectivity index (χ1) is 9.22. The van der Waals surface area contributed by atoms with Crippen molar-refractivity contribution >= 4 is 16.5 Å². The van der Waals surface area contributed by atoms with Gasteiger partial charge in [-0.05, 0) is 30.4 Å². The third-order valence-corrected chi connectivity index (χ3v) is 4.26. The average Bonchev–Trinajstić information content (AvgIpc) is 2.78. The van der Waals surface area contributed by atoms with Gasteiger partial charge in [0, 0.05) is 11.3 Å². The lowest BCUT2D eigenvalue weighted by Gasteiger charge is -2.04. The van der Waals surface area contributed by atoms with E-state index >= 15 is 0 Å². The maximum Gasteiger partial charge on any atom is 0.180 e. The van der Waals surface area contributed by atoms with Gasteiger partial charge in [-0.1, -0.05) is 44.5 Å². The summed E-state index contributed by atoms with van der Waals surface area (Å²) in [7, 11) is 0. The molecule has 0 fully saturated rings. The number of thiazole rings is 1. The molecule has 2 nitrogen and oxygen atoms in total. The number of aryl methyl sites for hydroxylation is 2. The second kappa shape index (κ2) is 6.71. The molecule has 0 saturated heterocycles. The molecule has 0 saturated carbocycles. The van der Waals surface area contributed by atoms with Crippen LogP contribution in [0.3, 0.4) is 0 Å². The van der Waals surface area contributed by atoms with E-state index in [-0.39, 0.29) is 0 Å². The van der Waals surface area contributed by atoms with Gasteiger partial charge in [-0.3, -0.25) is 0 Å². The molecule has 1 aromatic carbocycles. The number of hydrogen-bond donors (Lipinski definition) is 1. The molecule has 0 bridgehead atoms. The summed E-state index contributed by atoms with van der Waals surface area (Å²) in [6.45, 7) is 4.36. The summed E-state index contributed by atoms with van der Waals surface area (Å²) in [5, 5.41) is 0.686. The summed E-state index contributed by atoms with van der Waals surface area (Å²) >= 11 is 1.62. The van der Waals surface area contributed by atoms with Crippen LogP contribution in [0.5, 0.6) is 0 Å². The number of anilines is 1. The van der Waals surface area contributed by atoms with Gasteiger partial charge in [-0.2, -0.15) is 0 Å². The van der Waals surface area contributed by atoms with Crippen LogP contribution >= 0.6 is 11.3 Å². The minimum absolute atomic E-state index is 0.686. The maximum absolute atomic E-state index is 5.80. The zero-order chi connectivity index (χ0) is 13.7. The normalized spacial score (nSPS) is 10.8. The van der Waals surface area contributed by atoms with Gasteiger partial charge in [-0.15, -0.1) is 11.3 Å². The van der Waals surface area contributed by atoms with Crippen molar-refractivity contribution in [2.24, 2.45) is 0 Å². The SMILES string of the molecule is CCCCc1ccc(Cc2sc(N)nc2CC)cc1. The van der Waals surface area contributed by atoms with Gasteiger partial charge in [0.05, 0.1) is 5.69 Å². The summed E-state index contributed by atoms with van der Waals surface area (Å²) in [6, 6.07) is 8.97. The van der Waals surface area contributed by atoms with Gasteiger partial charge in [0.2, 0.25) is 0 Å². The van der Waals surface area contributed by atoms with Crippen molar-refractivity contribution < 1.29 is 0 Å². The van der Waals surface area contributed by atoms with Gasteiger partial charge in [0.15, 0.2) is 5.13 Å². The van der Waals surface area contributed by atoms with Crippen LogP contribution in [0, 0.1) is 0 Å². The van der Waals surface area contributed by atoms with Crippen molar-refractivity contribution in [3.05, 3.63) is 46.0 Å². The third-order valence-electron chi connectivity index (χ3n) is 3.34. The third kappa shape index (κ3) is 3.80. The van der Waals surface area contributed by atoms with E-state index in [4.69, 9.17) is 5.73 Å². The highest BCUT2D eigenvalue weighted by Gasteiger charge is 2.08. The maximum atomic E-state index is 5.80. The molecule has 0 aliphatic heterocycles. The van der Waals surface area contributed by atoms with Gasteiger partial charge in [0.25, 0.3) is 0 Å². The lowest BCUT2D eigenvalue weighted by atomic mass is 10.0. The monoisotopic (exact) mass is 274 g/mol. The molecule has 1 heterocycles. The number of unbranched alkanes of at least 4 members (excludes halogenated alkanes) is 1. The molecule has 0 spiro atoms. The molecule has 0 aliphatic carbocycles. The molecule has 2 rings (SSSR count). The highest BCUT2D eigenvalue weighted by molar-refractivity contribution is 7.15. The first-order valence-electron chi connectivity index (χ1n) is 7.04. The fraction of sp³-hybridized carbons (Fsp3) is 0.438. The molecule has 2 N–H and O–H groups in total. The summed E-state index contributed by atoms with van der Waals surface area (Å²) in [5.74, 6) is 0. The largest absolute Gasteiger partial charge is 0.375 e. The quantitative estimate of drug-likeness (QED) is 0.856. The highest BCUT2D eigenvalue weighted by atomic mass is 32.1. The number of benzene rings is 1. The second-order valence-corrected chi connectivity index (χ2v) is 5.99. The number of nitrogen functional groups attached to an aromatic ring is 1. The Balaban J connectivity index is 2.06. The van der Waals surface area contributed by atoms with E-state index in [0.29, 0.717) is 5.13 Å². The fourth-order valence-electron chi connectivity index (χ4n) is 2.21. The standard InChI is InChI=1S/C16H22N2S/c1-3-5-6-12-7-9-13(10-8-12)11-15-14(4-2)18-16(17)19-15/h7-10H,3-6,11H2,1-2H3,(H2,17,18). The molecule has 0 aliphatic rings. The van der Waals surface area contributed by atoms with E-state index < -0.39 is 0 Å². The summed E-state index contributed by atoms with van der Waals surface area (Å²) in [6.07, 6.45) is 5.61. The van der Waals surface area contributed by atoms with Crippen LogP contribution in [0.25, 0.3) is 0 Å². The van der Waals surface area contributed by atoms with Crippen molar-refractivity contribution in [2.45, 2.75) is 46.0 Å². The van der Waals surface area contributed by atoms with Crippen LogP contribution in [-0.4, -0.2) is 4.98 Å². The van der Waals surface area contributed by atoms with Crippen molar-refractivity contribution in [3.8, 4) is 0 Å². The van der Waals surface area contributed by atoms with Gasteiger partial charge in [0.1, 0.15) is 0 Å². The van der Waals surface area contributed by atoms with Crippen molar-refractivity contribution in [2.75, 3.05) is 5.73 Å². The molecular formula is C16H22N2S. The van der Waals surface area contributed by atoms with Gasteiger partial charge < -0.3 is 5.73 Å². The lowest BCUT2D eigenvalue weighted by Crippen LogP contribution is -1.92. The Labute approximate surface area is 119 Å². The van der Waals surface area contributed by atoms with E-state index in [2.05, 4.69) is 43.1 Å². The van der Waals surface area contributed by atoms with Gasteiger partial charge >= 0.3 is 0 Å². The van der Waals surface area contributed by atoms with Crippen LogP contribution in [0.2, 0.25) is 0 Å². The molecular weight excluding hydrogens is 252 g/mol. The van der Waals surface area contributed by atoms with Crippen LogP contribution in [0.15, 0.2) is 24.3 Å². The lowest BCUT2D eigenvalue weighted by molar-refractivity contribution is 0.795. The molecule has 0 unspecified atom stereocenters. The Hall–Kier alpha value is -1.35. The topological polar surface area (TPSA) is 38.9 Å². The molecule has 0 amide bonds. The van der Waals surface area contributed by atoms with E-state index in [9.17, 15) is 0 Å². The van der Waals surface area contributed by atoms with Gasteiger partial charge in [-0.25, -0.2) is 4.98 Å². The minimum atomic E-state index is 0.686. The predicted octanol–water partition coefficient (Wildman–Crippen LogP) is 4.22. The van der Waals surface area contributed by atoms with Crippen molar-refractivity contribution in [1.82, 2.24) is 4.98 Å². The fourth-order valence-corrected chi connectivity index (χ4v) is 3.16. The van der Waals surface area contributed by atoms with Crippen LogP contribution < -0.4 is 5.73 Å². The second-order valence-electron chi connectivity index (χ2n) is 4.87. The highest BCUT2D eigenvalue weighted by Crippen LogP contribution is 2.24. The Kier molecular flexibility index (Phi) is 4.97. The summed E-state index contributed by atoms with van der Waals surface area (Å²) < 4.78 is 0. The van der Waals surface area contributed by atoms with Crippen molar-refractivity contribution in [3.63, 3.8) is 0 Å². The molecule has 0 atom stereocenters. The van der Waals surface area contributed by atoms with E-state index in [1.165, 1.54) is 35.3 Å². The molecule has 19 heavy (non-hydrogen) atoms. The van der Waals surface area contributed by atoms with Crippen LogP contribution in [0.1, 0.15) is 48.4 Å². The Morgan fingerprint density at radius 1 is 1.11 bits per heavy atom. The zero-order valence-corrected chi connectivity index (χ0v) is 12.6. The van der Waals surface area contributed by atoms with E-state index in [0.717, 1.165) is 18.5 Å². The molecule has 0 radical (unpaired) electrons. The summed E-state index contributed by atoms with van der Waals surface area (Å²) in [5.41, 5.74) is 9.73.